The van der Waals surface area contributed by atoms with Crippen LogP contribution in [0.25, 0.3) is 0 Å². The Kier molecular flexibility index (Phi) is 2.78. The van der Waals surface area contributed by atoms with Gasteiger partial charge in [-0.25, -0.2) is 9.97 Å². The Hall–Kier alpha value is -0.950. The summed E-state index contributed by atoms with van der Waals surface area (Å²) in [5, 5.41) is 8.18. The predicted octanol–water partition coefficient (Wildman–Crippen LogP) is 1.65. The first-order valence-corrected chi connectivity index (χ1v) is 5.55. The lowest BCUT2D eigenvalue weighted by Gasteiger charge is -1.96. The van der Waals surface area contributed by atoms with Crippen molar-refractivity contribution in [2.24, 2.45) is 7.05 Å². The number of thiazole rings is 1. The van der Waals surface area contributed by atoms with Gasteiger partial charge in [-0.1, -0.05) is 0 Å². The minimum Gasteiger partial charge on any atom is -0.346 e. The molecule has 0 unspecified atom stereocenters. The second kappa shape index (κ2) is 4.05. The van der Waals surface area contributed by atoms with Crippen molar-refractivity contribution in [3.05, 3.63) is 21.3 Å². The summed E-state index contributed by atoms with van der Waals surface area (Å²) >= 11 is 4.95. The molecule has 1 N–H and O–H groups in total. The third kappa shape index (κ3) is 2.30. The average molecular weight is 274 g/mol. The van der Waals surface area contributed by atoms with Gasteiger partial charge in [0, 0.05) is 7.05 Å². The summed E-state index contributed by atoms with van der Waals surface area (Å²) in [6.45, 7) is 0.653. The van der Waals surface area contributed by atoms with E-state index in [2.05, 4.69) is 36.3 Å². The van der Waals surface area contributed by atoms with Gasteiger partial charge in [0.25, 0.3) is 0 Å². The Morgan fingerprint density at radius 1 is 1.57 bits per heavy atom. The Labute approximate surface area is 93.3 Å². The van der Waals surface area contributed by atoms with Crippen LogP contribution in [0, 0.1) is 0 Å². The van der Waals surface area contributed by atoms with Crippen molar-refractivity contribution in [1.29, 1.82) is 0 Å². The van der Waals surface area contributed by atoms with Gasteiger partial charge in [-0.05, 0) is 15.9 Å². The number of rotatable bonds is 3. The summed E-state index contributed by atoms with van der Waals surface area (Å²) in [4.78, 5) is 8.23. The molecule has 0 saturated carbocycles. The van der Waals surface area contributed by atoms with Crippen LogP contribution >= 0.6 is 27.3 Å². The monoisotopic (exact) mass is 273 g/mol. The minimum atomic E-state index is 0.624. The molecule has 0 bridgehead atoms. The van der Waals surface area contributed by atoms with Crippen molar-refractivity contribution in [3.8, 4) is 0 Å². The zero-order valence-corrected chi connectivity index (χ0v) is 9.84. The number of hydrogen-bond donors (Lipinski definition) is 1. The second-order valence-electron chi connectivity index (χ2n) is 2.65. The van der Waals surface area contributed by atoms with E-state index in [4.69, 9.17) is 0 Å². The highest BCUT2D eigenvalue weighted by Gasteiger charge is 2.01. The Morgan fingerprint density at radius 2 is 2.43 bits per heavy atom. The second-order valence-corrected chi connectivity index (χ2v) is 5.15. The van der Waals surface area contributed by atoms with Gasteiger partial charge in [0.15, 0.2) is 0 Å². The topological polar surface area (TPSA) is 55.6 Å². The van der Waals surface area contributed by atoms with Gasteiger partial charge in [-0.2, -0.15) is 0 Å². The predicted molar refractivity (Wildman–Crippen MR) is 58.1 cm³/mol. The highest BCUT2D eigenvalue weighted by atomic mass is 79.9. The van der Waals surface area contributed by atoms with Crippen LogP contribution in [-0.2, 0) is 13.6 Å². The number of aromatic nitrogens is 4. The first kappa shape index (κ1) is 9.60. The van der Waals surface area contributed by atoms with Crippen molar-refractivity contribution in [3.63, 3.8) is 0 Å². The molecule has 74 valence electrons. The number of nitrogens with zero attached hydrogens (tertiary/aromatic N) is 4. The van der Waals surface area contributed by atoms with Crippen LogP contribution in [0.2, 0.25) is 0 Å². The number of anilines is 1. The maximum Gasteiger partial charge on any atom is 0.242 e. The lowest BCUT2D eigenvalue weighted by Crippen LogP contribution is -2.01. The molecule has 0 spiro atoms. The molecule has 0 radical (unpaired) electrons. The van der Waals surface area contributed by atoms with Gasteiger partial charge in [0.2, 0.25) is 5.95 Å². The summed E-state index contributed by atoms with van der Waals surface area (Å²) in [5.41, 5.74) is 0. The van der Waals surface area contributed by atoms with Crippen LogP contribution in [0.15, 0.2) is 16.3 Å². The van der Waals surface area contributed by atoms with Crippen molar-refractivity contribution < 1.29 is 0 Å². The average Bonchev–Trinajstić information content (AvgIpc) is 2.72. The van der Waals surface area contributed by atoms with Crippen molar-refractivity contribution in [2.75, 3.05) is 5.32 Å². The molecule has 0 saturated heterocycles. The zero-order chi connectivity index (χ0) is 9.97. The smallest absolute Gasteiger partial charge is 0.242 e. The van der Waals surface area contributed by atoms with Crippen molar-refractivity contribution >= 4 is 33.2 Å². The molecule has 0 atom stereocenters. The summed E-state index contributed by atoms with van der Waals surface area (Å²) < 4.78 is 2.68. The van der Waals surface area contributed by atoms with E-state index in [0.717, 1.165) is 8.79 Å². The molecule has 0 fully saturated rings. The zero-order valence-electron chi connectivity index (χ0n) is 7.44. The lowest BCUT2D eigenvalue weighted by molar-refractivity contribution is 0.766. The molecule has 0 aliphatic carbocycles. The first-order chi connectivity index (χ1) is 6.74. The SMILES string of the molecule is Cn1cnc(NCc2ncc(Br)s2)n1. The highest BCUT2D eigenvalue weighted by Crippen LogP contribution is 2.19. The summed E-state index contributed by atoms with van der Waals surface area (Å²) in [6, 6.07) is 0. The van der Waals surface area contributed by atoms with Gasteiger partial charge in [-0.3, -0.25) is 4.68 Å². The van der Waals surface area contributed by atoms with Crippen LogP contribution in [0.3, 0.4) is 0 Å². The standard InChI is InChI=1S/C7H8BrN5S/c1-13-4-11-7(12-13)10-3-6-9-2-5(8)14-6/h2,4H,3H2,1H3,(H,10,12). The molecule has 7 heteroatoms. The molecule has 2 aromatic rings. The third-order valence-corrected chi connectivity index (χ3v) is 3.00. The molecular formula is C7H8BrN5S. The van der Waals surface area contributed by atoms with Gasteiger partial charge in [-0.15, -0.1) is 16.4 Å². The molecule has 0 amide bonds. The third-order valence-electron chi connectivity index (χ3n) is 1.52. The van der Waals surface area contributed by atoms with Crippen LogP contribution < -0.4 is 5.32 Å². The van der Waals surface area contributed by atoms with Crippen molar-refractivity contribution in [1.82, 2.24) is 19.7 Å². The number of hydrogen-bond acceptors (Lipinski definition) is 5. The molecule has 2 rings (SSSR count). The van der Waals surface area contributed by atoms with E-state index >= 15 is 0 Å². The molecular weight excluding hydrogens is 266 g/mol. The molecule has 2 aromatic heterocycles. The molecule has 0 aliphatic heterocycles. The van der Waals surface area contributed by atoms with E-state index < -0.39 is 0 Å². The van der Waals surface area contributed by atoms with E-state index in [9.17, 15) is 0 Å². The summed E-state index contributed by atoms with van der Waals surface area (Å²) in [6.07, 6.45) is 3.44. The molecule has 2 heterocycles. The van der Waals surface area contributed by atoms with Gasteiger partial charge < -0.3 is 5.32 Å². The minimum absolute atomic E-state index is 0.624. The Bertz CT molecular complexity index is 383. The molecule has 0 aliphatic rings. The van der Waals surface area contributed by atoms with Crippen molar-refractivity contribution in [2.45, 2.75) is 6.54 Å². The highest BCUT2D eigenvalue weighted by molar-refractivity contribution is 9.11. The van der Waals surface area contributed by atoms with Gasteiger partial charge in [0.1, 0.15) is 11.3 Å². The first-order valence-electron chi connectivity index (χ1n) is 3.94. The van der Waals surface area contributed by atoms with E-state index in [1.54, 1.807) is 28.5 Å². The fourth-order valence-corrected chi connectivity index (χ4v) is 2.19. The molecule has 5 nitrogen and oxygen atoms in total. The normalized spacial score (nSPS) is 10.4. The quantitative estimate of drug-likeness (QED) is 0.924. The Morgan fingerprint density at radius 3 is 3.00 bits per heavy atom. The van der Waals surface area contributed by atoms with E-state index in [-0.39, 0.29) is 0 Å². The van der Waals surface area contributed by atoms with Crippen LogP contribution in [-0.4, -0.2) is 19.7 Å². The van der Waals surface area contributed by atoms with Gasteiger partial charge in [0.05, 0.1) is 16.5 Å². The number of aryl methyl sites for hydroxylation is 1. The van der Waals surface area contributed by atoms with E-state index in [1.165, 1.54) is 0 Å². The van der Waals surface area contributed by atoms with Gasteiger partial charge >= 0.3 is 0 Å². The van der Waals surface area contributed by atoms with Crippen LogP contribution in [0.4, 0.5) is 5.95 Å². The Balaban J connectivity index is 1.94. The lowest BCUT2D eigenvalue weighted by atomic mass is 10.6. The summed E-state index contributed by atoms with van der Waals surface area (Å²) in [5.74, 6) is 0.624. The maximum atomic E-state index is 4.18. The van der Waals surface area contributed by atoms with Crippen LogP contribution in [0.5, 0.6) is 0 Å². The van der Waals surface area contributed by atoms with E-state index in [0.29, 0.717) is 12.5 Å². The molecule has 14 heavy (non-hydrogen) atoms. The number of halogens is 1. The fraction of sp³-hybridized carbons (Fsp3) is 0.286. The number of nitrogens with one attached hydrogen (secondary N) is 1. The maximum absolute atomic E-state index is 4.18. The summed E-state index contributed by atoms with van der Waals surface area (Å²) in [7, 11) is 1.83. The fourth-order valence-electron chi connectivity index (χ4n) is 0.945. The van der Waals surface area contributed by atoms with Crippen LogP contribution in [0.1, 0.15) is 5.01 Å². The van der Waals surface area contributed by atoms with E-state index in [1.807, 2.05) is 7.05 Å². The molecule has 0 aromatic carbocycles. The largest absolute Gasteiger partial charge is 0.346 e.